The average Bonchev–Trinajstić information content (AvgIpc) is 2.74. The van der Waals surface area contributed by atoms with E-state index >= 15 is 0 Å². The van der Waals surface area contributed by atoms with Gasteiger partial charge in [-0.25, -0.2) is 0 Å². The maximum absolute atomic E-state index is 5.97. The molecule has 0 aromatic carbocycles. The molecule has 0 radical (unpaired) electrons. The van der Waals surface area contributed by atoms with Gasteiger partial charge in [0.2, 0.25) is 5.13 Å². The number of aromatic nitrogens is 2. The zero-order chi connectivity index (χ0) is 12.3. The van der Waals surface area contributed by atoms with Crippen molar-refractivity contribution in [2.24, 2.45) is 5.73 Å². The molecule has 1 aromatic rings. The van der Waals surface area contributed by atoms with Gasteiger partial charge in [-0.15, -0.1) is 10.2 Å². The van der Waals surface area contributed by atoms with Crippen LogP contribution in [0.1, 0.15) is 44.0 Å². The molecule has 1 aliphatic rings. The summed E-state index contributed by atoms with van der Waals surface area (Å²) < 4.78 is 0. The van der Waals surface area contributed by atoms with E-state index in [1.165, 1.54) is 12.8 Å². The molecular weight excluding hydrogens is 232 g/mol. The first-order valence-corrected chi connectivity index (χ1v) is 7.34. The SMILES string of the molecule is CCCN(c1nnc(C)s1)C1CCC(N)CC1. The lowest BCUT2D eigenvalue weighted by atomic mass is 9.91. The van der Waals surface area contributed by atoms with Crippen molar-refractivity contribution >= 4 is 16.5 Å². The van der Waals surface area contributed by atoms with Gasteiger partial charge in [0.25, 0.3) is 0 Å². The molecule has 0 aliphatic heterocycles. The molecule has 0 saturated heterocycles. The second-order valence-electron chi connectivity index (χ2n) is 4.87. The predicted octanol–water partition coefficient (Wildman–Crippen LogP) is 2.33. The molecule has 0 spiro atoms. The maximum Gasteiger partial charge on any atom is 0.208 e. The Bertz CT molecular complexity index is 344. The lowest BCUT2D eigenvalue weighted by Gasteiger charge is -2.35. The number of nitrogens with zero attached hydrogens (tertiary/aromatic N) is 3. The van der Waals surface area contributed by atoms with Crippen LogP contribution in [0, 0.1) is 6.92 Å². The molecule has 2 N–H and O–H groups in total. The summed E-state index contributed by atoms with van der Waals surface area (Å²) in [4.78, 5) is 2.44. The van der Waals surface area contributed by atoms with Crippen molar-refractivity contribution in [3.8, 4) is 0 Å². The van der Waals surface area contributed by atoms with Crippen LogP contribution >= 0.6 is 11.3 Å². The number of anilines is 1. The summed E-state index contributed by atoms with van der Waals surface area (Å²) in [6.45, 7) is 5.31. The Labute approximate surface area is 107 Å². The Balaban J connectivity index is 2.06. The highest BCUT2D eigenvalue weighted by molar-refractivity contribution is 7.15. The normalized spacial score (nSPS) is 24.9. The smallest absolute Gasteiger partial charge is 0.208 e. The van der Waals surface area contributed by atoms with Gasteiger partial charge in [-0.2, -0.15) is 0 Å². The monoisotopic (exact) mass is 254 g/mol. The maximum atomic E-state index is 5.97. The van der Waals surface area contributed by atoms with Crippen molar-refractivity contribution in [1.82, 2.24) is 10.2 Å². The van der Waals surface area contributed by atoms with Gasteiger partial charge in [0, 0.05) is 18.6 Å². The van der Waals surface area contributed by atoms with Crippen molar-refractivity contribution in [3.63, 3.8) is 0 Å². The predicted molar refractivity (Wildman–Crippen MR) is 72.5 cm³/mol. The van der Waals surface area contributed by atoms with E-state index in [0.717, 1.165) is 35.9 Å². The molecule has 1 saturated carbocycles. The van der Waals surface area contributed by atoms with Gasteiger partial charge >= 0.3 is 0 Å². The Morgan fingerprint density at radius 3 is 2.53 bits per heavy atom. The van der Waals surface area contributed by atoms with E-state index in [-0.39, 0.29) is 0 Å². The van der Waals surface area contributed by atoms with Crippen molar-refractivity contribution < 1.29 is 0 Å². The quantitative estimate of drug-likeness (QED) is 0.896. The van der Waals surface area contributed by atoms with Crippen molar-refractivity contribution in [2.45, 2.75) is 58.0 Å². The van der Waals surface area contributed by atoms with Gasteiger partial charge < -0.3 is 10.6 Å². The molecule has 17 heavy (non-hydrogen) atoms. The van der Waals surface area contributed by atoms with Crippen molar-refractivity contribution in [1.29, 1.82) is 0 Å². The van der Waals surface area contributed by atoms with E-state index in [1.54, 1.807) is 11.3 Å². The van der Waals surface area contributed by atoms with Crippen LogP contribution in [0.5, 0.6) is 0 Å². The Hall–Kier alpha value is -0.680. The summed E-state index contributed by atoms with van der Waals surface area (Å²) in [6.07, 6.45) is 5.83. The minimum absolute atomic E-state index is 0.408. The second kappa shape index (κ2) is 5.78. The molecule has 1 aliphatic carbocycles. The fourth-order valence-electron chi connectivity index (χ4n) is 2.49. The summed E-state index contributed by atoms with van der Waals surface area (Å²) in [5.41, 5.74) is 5.97. The van der Waals surface area contributed by atoms with Crippen LogP contribution in [0.2, 0.25) is 0 Å². The highest BCUT2D eigenvalue weighted by Crippen LogP contribution is 2.29. The molecule has 0 unspecified atom stereocenters. The Kier molecular flexibility index (Phi) is 4.34. The molecule has 0 atom stereocenters. The number of aryl methyl sites for hydroxylation is 1. The molecule has 1 aromatic heterocycles. The van der Waals surface area contributed by atoms with E-state index < -0.39 is 0 Å². The third-order valence-electron chi connectivity index (χ3n) is 3.41. The largest absolute Gasteiger partial charge is 0.344 e. The van der Waals surface area contributed by atoms with E-state index in [2.05, 4.69) is 22.0 Å². The highest BCUT2D eigenvalue weighted by atomic mass is 32.1. The first kappa shape index (κ1) is 12.8. The lowest BCUT2D eigenvalue weighted by molar-refractivity contribution is 0.375. The van der Waals surface area contributed by atoms with E-state index in [1.807, 2.05) is 6.92 Å². The Morgan fingerprint density at radius 1 is 1.29 bits per heavy atom. The fraction of sp³-hybridized carbons (Fsp3) is 0.833. The Morgan fingerprint density at radius 2 is 2.00 bits per heavy atom. The molecule has 5 heteroatoms. The molecule has 1 heterocycles. The first-order valence-electron chi connectivity index (χ1n) is 6.53. The third kappa shape index (κ3) is 3.16. The van der Waals surface area contributed by atoms with Gasteiger partial charge in [-0.3, -0.25) is 0 Å². The molecule has 0 amide bonds. The van der Waals surface area contributed by atoms with Crippen LogP contribution in [0.25, 0.3) is 0 Å². The highest BCUT2D eigenvalue weighted by Gasteiger charge is 2.25. The average molecular weight is 254 g/mol. The van der Waals surface area contributed by atoms with Crippen LogP contribution in [-0.2, 0) is 0 Å². The van der Waals surface area contributed by atoms with Crippen LogP contribution in [0.15, 0.2) is 0 Å². The summed E-state index contributed by atoms with van der Waals surface area (Å²) in [7, 11) is 0. The molecule has 1 fully saturated rings. The number of rotatable bonds is 4. The molecule has 96 valence electrons. The molecule has 2 rings (SSSR count). The van der Waals surface area contributed by atoms with E-state index in [0.29, 0.717) is 12.1 Å². The number of hydrogen-bond donors (Lipinski definition) is 1. The van der Waals surface area contributed by atoms with Crippen LogP contribution in [0.3, 0.4) is 0 Å². The van der Waals surface area contributed by atoms with Crippen LogP contribution in [-0.4, -0.2) is 28.8 Å². The van der Waals surface area contributed by atoms with E-state index in [9.17, 15) is 0 Å². The zero-order valence-corrected chi connectivity index (χ0v) is 11.5. The van der Waals surface area contributed by atoms with Gasteiger partial charge in [-0.1, -0.05) is 18.3 Å². The van der Waals surface area contributed by atoms with Crippen molar-refractivity contribution in [3.05, 3.63) is 5.01 Å². The minimum atomic E-state index is 0.408. The third-order valence-corrected chi connectivity index (χ3v) is 4.28. The van der Waals surface area contributed by atoms with E-state index in [4.69, 9.17) is 5.73 Å². The van der Waals surface area contributed by atoms with Gasteiger partial charge in [-0.05, 0) is 39.0 Å². The fourth-order valence-corrected chi connectivity index (χ4v) is 3.28. The molecule has 4 nitrogen and oxygen atoms in total. The second-order valence-corrected chi connectivity index (χ2v) is 6.03. The van der Waals surface area contributed by atoms with Crippen LogP contribution < -0.4 is 10.6 Å². The van der Waals surface area contributed by atoms with Gasteiger partial charge in [0.05, 0.1) is 0 Å². The summed E-state index contributed by atoms with van der Waals surface area (Å²) in [5, 5.41) is 10.6. The van der Waals surface area contributed by atoms with Crippen LogP contribution in [0.4, 0.5) is 5.13 Å². The standard InChI is InChI=1S/C12H22N4S/c1-3-8-16(12-15-14-9(2)17-12)11-6-4-10(13)5-7-11/h10-11H,3-8,13H2,1-2H3. The summed E-state index contributed by atoms with van der Waals surface area (Å²) in [5.74, 6) is 0. The summed E-state index contributed by atoms with van der Waals surface area (Å²) >= 11 is 1.70. The zero-order valence-electron chi connectivity index (χ0n) is 10.7. The number of hydrogen-bond acceptors (Lipinski definition) is 5. The molecule has 0 bridgehead atoms. The van der Waals surface area contributed by atoms with Gasteiger partial charge in [0.1, 0.15) is 5.01 Å². The summed E-state index contributed by atoms with van der Waals surface area (Å²) in [6, 6.07) is 1.02. The van der Waals surface area contributed by atoms with Gasteiger partial charge in [0.15, 0.2) is 0 Å². The molecular formula is C12H22N4S. The topological polar surface area (TPSA) is 55.0 Å². The lowest BCUT2D eigenvalue weighted by Crippen LogP contribution is -2.41. The van der Waals surface area contributed by atoms with Crippen molar-refractivity contribution in [2.75, 3.05) is 11.4 Å². The minimum Gasteiger partial charge on any atom is -0.344 e. The first-order chi connectivity index (χ1) is 8.20. The number of nitrogens with two attached hydrogens (primary N) is 1.